The Morgan fingerprint density at radius 1 is 1.53 bits per heavy atom. The molecule has 0 saturated carbocycles. The Bertz CT molecular complexity index is 496. The summed E-state index contributed by atoms with van der Waals surface area (Å²) in [5.74, 6) is 0. The van der Waals surface area contributed by atoms with E-state index in [1.54, 1.807) is 23.7 Å². The van der Waals surface area contributed by atoms with Crippen LogP contribution in [0.3, 0.4) is 0 Å². The van der Waals surface area contributed by atoms with E-state index < -0.39 is 0 Å². The normalized spacial score (nSPS) is 10.1. The maximum absolute atomic E-state index is 5.63. The number of hydrogen-bond donors (Lipinski definition) is 2. The fourth-order valence-electron chi connectivity index (χ4n) is 1.44. The molecule has 17 heavy (non-hydrogen) atoms. The number of rotatable bonds is 5. The third-order valence-electron chi connectivity index (χ3n) is 2.27. The van der Waals surface area contributed by atoms with Crippen LogP contribution in [0.25, 0.3) is 0 Å². The summed E-state index contributed by atoms with van der Waals surface area (Å²) < 4.78 is 0. The minimum Gasteiger partial charge on any atom is -0.389 e. The molecule has 2 aromatic heterocycles. The van der Waals surface area contributed by atoms with Crippen molar-refractivity contribution in [1.29, 1.82) is 0 Å². The molecule has 0 bridgehead atoms. The van der Waals surface area contributed by atoms with E-state index in [0.717, 1.165) is 29.9 Å². The minimum atomic E-state index is 0.378. The van der Waals surface area contributed by atoms with Gasteiger partial charge in [-0.15, -0.1) is 11.3 Å². The van der Waals surface area contributed by atoms with Crippen LogP contribution in [0.2, 0.25) is 0 Å². The van der Waals surface area contributed by atoms with Crippen molar-refractivity contribution >= 4 is 34.2 Å². The molecule has 2 heterocycles. The zero-order valence-corrected chi connectivity index (χ0v) is 10.7. The Balaban J connectivity index is 1.97. The molecule has 2 aromatic rings. The summed E-state index contributed by atoms with van der Waals surface area (Å²) in [6.07, 6.45) is 4.28. The monoisotopic (exact) mass is 264 g/mol. The zero-order chi connectivity index (χ0) is 12.1. The van der Waals surface area contributed by atoms with Gasteiger partial charge in [0.1, 0.15) is 4.99 Å². The van der Waals surface area contributed by atoms with Gasteiger partial charge in [0.15, 0.2) is 0 Å². The van der Waals surface area contributed by atoms with E-state index in [0.29, 0.717) is 4.99 Å². The van der Waals surface area contributed by atoms with Crippen molar-refractivity contribution in [2.45, 2.75) is 6.42 Å². The molecule has 2 rings (SSSR count). The molecule has 88 valence electrons. The summed E-state index contributed by atoms with van der Waals surface area (Å²) in [4.78, 5) is 8.65. The van der Waals surface area contributed by atoms with E-state index in [1.807, 2.05) is 17.0 Å². The van der Waals surface area contributed by atoms with Gasteiger partial charge in [-0.3, -0.25) is 4.98 Å². The Morgan fingerprint density at radius 3 is 3.12 bits per heavy atom. The van der Waals surface area contributed by atoms with Crippen LogP contribution in [0, 0.1) is 0 Å². The molecule has 0 aliphatic heterocycles. The van der Waals surface area contributed by atoms with Gasteiger partial charge in [0.05, 0.1) is 23.1 Å². The molecule has 3 N–H and O–H groups in total. The van der Waals surface area contributed by atoms with Crippen LogP contribution in [0.4, 0.5) is 5.69 Å². The van der Waals surface area contributed by atoms with E-state index in [-0.39, 0.29) is 0 Å². The quantitative estimate of drug-likeness (QED) is 0.807. The van der Waals surface area contributed by atoms with Gasteiger partial charge in [-0.05, 0) is 6.07 Å². The van der Waals surface area contributed by atoms with Gasteiger partial charge in [0.25, 0.3) is 0 Å². The molecule has 0 radical (unpaired) electrons. The number of nitrogens with two attached hydrogens (primary N) is 1. The summed E-state index contributed by atoms with van der Waals surface area (Å²) in [5.41, 5.74) is 10.3. The first kappa shape index (κ1) is 11.9. The Labute approximate surface area is 109 Å². The second-order valence-electron chi connectivity index (χ2n) is 3.44. The molecule has 0 aliphatic rings. The summed E-state index contributed by atoms with van der Waals surface area (Å²) in [6.45, 7) is 0.783. The average Bonchev–Trinajstić information content (AvgIpc) is 2.82. The van der Waals surface area contributed by atoms with Gasteiger partial charge in [0.2, 0.25) is 0 Å². The number of anilines is 1. The van der Waals surface area contributed by atoms with Crippen molar-refractivity contribution in [1.82, 2.24) is 9.97 Å². The van der Waals surface area contributed by atoms with Crippen molar-refractivity contribution in [2.24, 2.45) is 5.73 Å². The van der Waals surface area contributed by atoms with E-state index in [2.05, 4.69) is 15.3 Å². The van der Waals surface area contributed by atoms with Crippen molar-refractivity contribution in [2.75, 3.05) is 11.9 Å². The predicted molar refractivity (Wildman–Crippen MR) is 74.4 cm³/mol. The van der Waals surface area contributed by atoms with Crippen molar-refractivity contribution < 1.29 is 0 Å². The fourth-order valence-corrected chi connectivity index (χ4v) is 2.21. The maximum atomic E-state index is 5.63. The molecule has 0 spiro atoms. The highest BCUT2D eigenvalue weighted by molar-refractivity contribution is 7.80. The van der Waals surface area contributed by atoms with Crippen LogP contribution in [0.1, 0.15) is 11.3 Å². The molecular formula is C11H12N4S2. The molecule has 0 unspecified atom stereocenters. The fraction of sp³-hybridized carbons (Fsp3) is 0.182. The first-order chi connectivity index (χ1) is 8.27. The van der Waals surface area contributed by atoms with E-state index in [4.69, 9.17) is 18.0 Å². The molecule has 0 aromatic carbocycles. The highest BCUT2D eigenvalue weighted by Crippen LogP contribution is 2.13. The topological polar surface area (TPSA) is 63.8 Å². The van der Waals surface area contributed by atoms with E-state index in [9.17, 15) is 0 Å². The lowest BCUT2D eigenvalue weighted by molar-refractivity contribution is 0.975. The Morgan fingerprint density at radius 2 is 2.41 bits per heavy atom. The lowest BCUT2D eigenvalue weighted by Gasteiger charge is -2.09. The second kappa shape index (κ2) is 5.70. The number of aromatic nitrogens is 2. The lowest BCUT2D eigenvalue weighted by atomic mass is 10.2. The van der Waals surface area contributed by atoms with Crippen LogP contribution in [-0.2, 0) is 6.42 Å². The number of pyridine rings is 1. The van der Waals surface area contributed by atoms with Gasteiger partial charge in [-0.1, -0.05) is 12.2 Å². The summed E-state index contributed by atoms with van der Waals surface area (Å²) in [7, 11) is 0. The van der Waals surface area contributed by atoms with Crippen LogP contribution in [0.5, 0.6) is 0 Å². The maximum Gasteiger partial charge on any atom is 0.106 e. The highest BCUT2D eigenvalue weighted by Gasteiger charge is 2.04. The molecule has 0 amide bonds. The number of nitrogens with one attached hydrogen (secondary N) is 1. The summed E-state index contributed by atoms with van der Waals surface area (Å²) in [5, 5.41) is 5.31. The zero-order valence-electron chi connectivity index (χ0n) is 9.09. The van der Waals surface area contributed by atoms with Crippen molar-refractivity contribution in [3.63, 3.8) is 0 Å². The SMILES string of the molecule is NC(=S)c1ccncc1NCCc1cscn1. The molecule has 6 heteroatoms. The molecule has 0 atom stereocenters. The second-order valence-corrected chi connectivity index (χ2v) is 4.60. The number of hydrogen-bond acceptors (Lipinski definition) is 5. The van der Waals surface area contributed by atoms with Crippen LogP contribution < -0.4 is 11.1 Å². The first-order valence-electron chi connectivity index (χ1n) is 5.12. The lowest BCUT2D eigenvalue weighted by Crippen LogP contribution is -2.14. The smallest absolute Gasteiger partial charge is 0.106 e. The van der Waals surface area contributed by atoms with Gasteiger partial charge < -0.3 is 11.1 Å². The van der Waals surface area contributed by atoms with Crippen LogP contribution >= 0.6 is 23.6 Å². The van der Waals surface area contributed by atoms with E-state index in [1.165, 1.54) is 0 Å². The number of nitrogens with zero attached hydrogens (tertiary/aromatic N) is 2. The molecule has 0 saturated heterocycles. The summed E-state index contributed by atoms with van der Waals surface area (Å²) >= 11 is 6.58. The number of thiocarbonyl (C=S) groups is 1. The third-order valence-corrected chi connectivity index (χ3v) is 3.12. The Kier molecular flexibility index (Phi) is 4.00. The van der Waals surface area contributed by atoms with Gasteiger partial charge in [0, 0.05) is 30.1 Å². The summed E-state index contributed by atoms with van der Waals surface area (Å²) in [6, 6.07) is 1.81. The van der Waals surface area contributed by atoms with Gasteiger partial charge in [-0.25, -0.2) is 4.98 Å². The van der Waals surface area contributed by atoms with Crippen molar-refractivity contribution in [3.05, 3.63) is 40.6 Å². The van der Waals surface area contributed by atoms with Gasteiger partial charge in [-0.2, -0.15) is 0 Å². The molecular weight excluding hydrogens is 252 g/mol. The molecule has 0 fully saturated rings. The van der Waals surface area contributed by atoms with Crippen molar-refractivity contribution in [3.8, 4) is 0 Å². The van der Waals surface area contributed by atoms with Crippen LogP contribution in [-0.4, -0.2) is 21.5 Å². The minimum absolute atomic E-state index is 0.378. The predicted octanol–water partition coefficient (Wildman–Crippen LogP) is 1.83. The van der Waals surface area contributed by atoms with Gasteiger partial charge >= 0.3 is 0 Å². The Hall–Kier alpha value is -1.53. The third kappa shape index (κ3) is 3.21. The van der Waals surface area contributed by atoms with E-state index >= 15 is 0 Å². The highest BCUT2D eigenvalue weighted by atomic mass is 32.1. The standard InChI is InChI=1S/C11H12N4S2/c12-11(16)9-2-3-13-5-10(9)14-4-1-8-6-17-7-15-8/h2-3,5-7,14H,1,4H2,(H2,12,16). The van der Waals surface area contributed by atoms with Crippen LogP contribution in [0.15, 0.2) is 29.4 Å². The first-order valence-corrected chi connectivity index (χ1v) is 6.47. The number of thiazole rings is 1. The average molecular weight is 264 g/mol. The molecule has 0 aliphatic carbocycles. The molecule has 4 nitrogen and oxygen atoms in total. The largest absolute Gasteiger partial charge is 0.389 e.